The summed E-state index contributed by atoms with van der Waals surface area (Å²) in [5.41, 5.74) is 7.18. The second-order valence-corrected chi connectivity index (χ2v) is 11.5. The van der Waals surface area contributed by atoms with Gasteiger partial charge in [-0.05, 0) is 90.5 Å². The van der Waals surface area contributed by atoms with Gasteiger partial charge in [-0.2, -0.15) is 18.2 Å². The van der Waals surface area contributed by atoms with Crippen molar-refractivity contribution in [2.24, 2.45) is 0 Å². The van der Waals surface area contributed by atoms with Gasteiger partial charge in [-0.25, -0.2) is 14.7 Å². The highest BCUT2D eigenvalue weighted by molar-refractivity contribution is 6.24. The van der Waals surface area contributed by atoms with Crippen LogP contribution in [0.1, 0.15) is 53.0 Å². The van der Waals surface area contributed by atoms with Crippen molar-refractivity contribution in [2.45, 2.75) is 77.7 Å². The monoisotopic (exact) mass is 667 g/mol. The van der Waals surface area contributed by atoms with Crippen molar-refractivity contribution in [2.75, 3.05) is 40.2 Å². The molecule has 0 radical (unpaired) electrons. The van der Waals surface area contributed by atoms with Crippen molar-refractivity contribution in [1.29, 1.82) is 0 Å². The minimum Gasteiger partial charge on any atom is -0.358 e. The molecule has 1 atom stereocenters. The number of amides is 4. The Bertz CT molecular complexity index is 1640. The molecule has 48 heavy (non-hydrogen) atoms. The molecule has 1 N–H and O–H groups in total. The van der Waals surface area contributed by atoms with Gasteiger partial charge in [0.15, 0.2) is 11.6 Å². The van der Waals surface area contributed by atoms with E-state index < -0.39 is 35.7 Å². The number of benzene rings is 1. The third-order valence-corrected chi connectivity index (χ3v) is 8.10. The fourth-order valence-corrected chi connectivity index (χ4v) is 5.27. The first kappa shape index (κ1) is 37.3. The Labute approximate surface area is 278 Å². The van der Waals surface area contributed by atoms with E-state index >= 15 is 0 Å². The molecular weight excluding hydrogens is 627 g/mol. The summed E-state index contributed by atoms with van der Waals surface area (Å²) in [6.07, 6.45) is -2.63. The van der Waals surface area contributed by atoms with E-state index in [1.54, 1.807) is 36.2 Å². The lowest BCUT2D eigenvalue weighted by Crippen LogP contribution is -2.46. The summed E-state index contributed by atoms with van der Waals surface area (Å²) in [6.45, 7) is 15.4. The minimum atomic E-state index is -5.15. The predicted molar refractivity (Wildman–Crippen MR) is 177 cm³/mol. The van der Waals surface area contributed by atoms with Crippen molar-refractivity contribution < 1.29 is 32.3 Å². The quantitative estimate of drug-likeness (QED) is 0.249. The zero-order valence-electron chi connectivity index (χ0n) is 27.9. The van der Waals surface area contributed by atoms with Crippen LogP contribution in [0.5, 0.6) is 0 Å². The van der Waals surface area contributed by atoms with Crippen LogP contribution in [0.3, 0.4) is 0 Å². The summed E-state index contributed by atoms with van der Waals surface area (Å²) in [6, 6.07) is 4.37. The summed E-state index contributed by atoms with van der Waals surface area (Å²) in [7, 11) is 1.61. The third kappa shape index (κ3) is 7.86. The van der Waals surface area contributed by atoms with Crippen LogP contribution in [0.2, 0.25) is 0 Å². The van der Waals surface area contributed by atoms with Gasteiger partial charge in [-0.3, -0.25) is 19.3 Å². The molecule has 4 rings (SSSR count). The zero-order chi connectivity index (χ0) is 36.0. The normalized spacial score (nSPS) is 15.2. The first-order valence-corrected chi connectivity index (χ1v) is 15.4. The van der Waals surface area contributed by atoms with E-state index in [0.29, 0.717) is 42.1 Å². The summed E-state index contributed by atoms with van der Waals surface area (Å²) >= 11 is 0. The fourth-order valence-electron chi connectivity index (χ4n) is 5.27. The van der Waals surface area contributed by atoms with Gasteiger partial charge in [-0.1, -0.05) is 23.6 Å². The van der Waals surface area contributed by atoms with Crippen molar-refractivity contribution in [3.05, 3.63) is 66.4 Å². The van der Waals surface area contributed by atoms with E-state index in [-0.39, 0.29) is 35.6 Å². The van der Waals surface area contributed by atoms with Crippen LogP contribution < -0.4 is 20.0 Å². The maximum atomic E-state index is 13.6. The number of anilines is 4. The SMILES string of the molecule is C=C=C=C=C.CCN(CC)c1ncc(N(C(=O)C(F)(F)F)C(C)C)c(N[C@@H](Cc2ccc(N3C(=O)N(C)C4(CC4)C3=O)cc2)C(C)=O)n1. The Balaban J connectivity index is 0.00000116. The zero-order valence-corrected chi connectivity index (χ0v) is 27.9. The Morgan fingerprint density at radius 3 is 2.08 bits per heavy atom. The smallest absolute Gasteiger partial charge is 0.358 e. The molecule has 2 fully saturated rings. The first-order valence-electron chi connectivity index (χ1n) is 15.4. The number of rotatable bonds is 11. The lowest BCUT2D eigenvalue weighted by atomic mass is 10.0. The second kappa shape index (κ2) is 15.2. The largest absolute Gasteiger partial charge is 0.471 e. The lowest BCUT2D eigenvalue weighted by molar-refractivity contribution is -0.170. The number of urea groups is 1. The van der Waals surface area contributed by atoms with Crippen molar-refractivity contribution in [3.8, 4) is 0 Å². The van der Waals surface area contributed by atoms with Gasteiger partial charge in [0.05, 0.1) is 17.9 Å². The molecule has 1 aliphatic heterocycles. The summed E-state index contributed by atoms with van der Waals surface area (Å²) < 4.78 is 40.7. The molecule has 1 saturated carbocycles. The van der Waals surface area contributed by atoms with E-state index in [1.807, 2.05) is 13.8 Å². The number of halogens is 3. The molecule has 256 valence electrons. The topological polar surface area (TPSA) is 119 Å². The number of hydrogen-bond acceptors (Lipinski definition) is 8. The van der Waals surface area contributed by atoms with Gasteiger partial charge >= 0.3 is 18.1 Å². The summed E-state index contributed by atoms with van der Waals surface area (Å²) in [4.78, 5) is 64.6. The lowest BCUT2D eigenvalue weighted by Gasteiger charge is -2.30. The standard InChI is InChI=1S/C29H36F3N7O4.C5H4/c1-7-37(8-2)26-33-16-22(38(17(3)4)25(42)29(30,31)32)23(35-26)34-21(18(5)40)15-19-9-11-20(12-10-19)39-24(41)28(13-14-28)36(6)27(39)43;1-3-5-4-2/h9-12,16-17,21H,7-8,13-15H2,1-6H3,(H,33,34,35);1-2H2/t21-;/m0./s1. The molecule has 14 heteroatoms. The molecule has 4 amide bonds. The average Bonchev–Trinajstić information content (AvgIpc) is 3.82. The van der Waals surface area contributed by atoms with E-state index in [1.165, 1.54) is 25.7 Å². The maximum absolute atomic E-state index is 13.6. The Kier molecular flexibility index (Phi) is 11.8. The average molecular weight is 668 g/mol. The number of Topliss-reactive ketones (excluding diaryl/α,β-unsaturated/α-hetero) is 1. The fraction of sp³-hybridized carbons (Fsp3) is 0.441. The van der Waals surface area contributed by atoms with Crippen LogP contribution >= 0.6 is 0 Å². The number of carbonyl (C=O) groups excluding carboxylic acids is 4. The minimum absolute atomic E-state index is 0.0916. The molecule has 2 aromatic rings. The highest BCUT2D eigenvalue weighted by Crippen LogP contribution is 2.48. The molecule has 1 aromatic carbocycles. The number of nitrogens with zero attached hydrogens (tertiary/aromatic N) is 6. The molecule has 11 nitrogen and oxygen atoms in total. The number of imide groups is 1. The Morgan fingerprint density at radius 2 is 1.67 bits per heavy atom. The highest BCUT2D eigenvalue weighted by Gasteiger charge is 2.63. The highest BCUT2D eigenvalue weighted by atomic mass is 19.4. The van der Waals surface area contributed by atoms with E-state index in [0.717, 1.165) is 11.1 Å². The van der Waals surface area contributed by atoms with Crippen LogP contribution in [0, 0.1) is 0 Å². The Hall–Kier alpha value is -5.15. The Morgan fingerprint density at radius 1 is 1.08 bits per heavy atom. The number of ketones is 1. The van der Waals surface area contributed by atoms with Crippen molar-refractivity contribution in [3.63, 3.8) is 0 Å². The van der Waals surface area contributed by atoms with Crippen LogP contribution in [-0.4, -0.2) is 82.4 Å². The number of hydrogen-bond donors (Lipinski definition) is 1. The molecule has 2 heterocycles. The third-order valence-electron chi connectivity index (χ3n) is 8.10. The van der Waals surface area contributed by atoms with Crippen molar-refractivity contribution in [1.82, 2.24) is 14.9 Å². The van der Waals surface area contributed by atoms with Gasteiger partial charge in [0.25, 0.3) is 5.91 Å². The number of nitrogens with one attached hydrogen (secondary N) is 1. The van der Waals surface area contributed by atoms with E-state index in [4.69, 9.17) is 0 Å². The van der Waals surface area contributed by atoms with E-state index in [9.17, 15) is 32.3 Å². The van der Waals surface area contributed by atoms with Gasteiger partial charge in [0, 0.05) is 26.2 Å². The van der Waals surface area contributed by atoms with Crippen LogP contribution in [-0.2, 0) is 20.8 Å². The van der Waals surface area contributed by atoms with Crippen LogP contribution in [0.25, 0.3) is 0 Å². The molecular formula is C34H40F3N7O4. The second-order valence-electron chi connectivity index (χ2n) is 11.5. The number of carbonyl (C=O) groups is 4. The van der Waals surface area contributed by atoms with Gasteiger partial charge in [0.1, 0.15) is 11.2 Å². The van der Waals surface area contributed by atoms with Crippen LogP contribution in [0.4, 0.5) is 41.1 Å². The number of likely N-dealkylation sites (N-methyl/N-ethyl adjacent to an activating group) is 1. The molecule has 0 bridgehead atoms. The molecule has 1 aromatic heterocycles. The molecule has 1 saturated heterocycles. The number of alkyl halides is 3. The van der Waals surface area contributed by atoms with Gasteiger partial charge in [-0.15, -0.1) is 0 Å². The molecule has 2 aliphatic rings. The van der Waals surface area contributed by atoms with Crippen molar-refractivity contribution >= 4 is 46.8 Å². The van der Waals surface area contributed by atoms with Crippen LogP contribution in [0.15, 0.2) is 60.8 Å². The molecule has 0 unspecified atom stereocenters. The molecule has 1 aliphatic carbocycles. The van der Waals surface area contributed by atoms with Gasteiger partial charge in [0.2, 0.25) is 5.95 Å². The maximum Gasteiger partial charge on any atom is 0.471 e. The predicted octanol–water partition coefficient (Wildman–Crippen LogP) is 5.44. The van der Waals surface area contributed by atoms with Gasteiger partial charge < -0.3 is 15.1 Å². The van der Waals surface area contributed by atoms with E-state index in [2.05, 4.69) is 45.6 Å². The number of aromatic nitrogens is 2. The summed E-state index contributed by atoms with van der Waals surface area (Å²) in [5.74, 6) is -2.53. The summed E-state index contributed by atoms with van der Waals surface area (Å²) in [5, 5.41) is 2.98. The molecule has 1 spiro atoms. The first-order chi connectivity index (χ1) is 22.6.